The molecule has 0 fully saturated rings. The van der Waals surface area contributed by atoms with Gasteiger partial charge in [0, 0.05) is 25.6 Å². The fourth-order valence-electron chi connectivity index (χ4n) is 5.31. The van der Waals surface area contributed by atoms with E-state index in [1.165, 1.54) is 23.8 Å². The number of fused-ring (bicyclic) bond motifs is 1. The molecule has 43 heavy (non-hydrogen) atoms. The van der Waals surface area contributed by atoms with E-state index in [1.54, 1.807) is 19.9 Å². The molecule has 1 aliphatic rings. The van der Waals surface area contributed by atoms with Gasteiger partial charge in [-0.15, -0.1) is 0 Å². The first-order valence-corrected chi connectivity index (χ1v) is 16.4. The van der Waals surface area contributed by atoms with E-state index in [0.717, 1.165) is 18.5 Å². The maximum Gasteiger partial charge on any atom is 0.308 e. The van der Waals surface area contributed by atoms with E-state index >= 15 is 0 Å². The monoisotopic (exact) mass is 615 g/mol. The summed E-state index contributed by atoms with van der Waals surface area (Å²) in [7, 11) is 1.42. The Hall–Kier alpha value is -2.95. The zero-order chi connectivity index (χ0) is 31.6. The van der Waals surface area contributed by atoms with Crippen molar-refractivity contribution in [2.45, 2.75) is 76.7 Å². The number of aryl methyl sites for hydroxylation is 2. The number of carbonyl (C=O) groups is 2. The Morgan fingerprint density at radius 3 is 2.63 bits per heavy atom. The predicted molar refractivity (Wildman–Crippen MR) is 171 cm³/mol. The first-order chi connectivity index (χ1) is 20.5. The number of nitrogens with zero attached hydrogens (tertiary/aromatic N) is 1. The van der Waals surface area contributed by atoms with E-state index in [-0.39, 0.29) is 17.8 Å². The molecule has 238 valence electrons. The summed E-state index contributed by atoms with van der Waals surface area (Å²) in [6.07, 6.45) is 3.31. The van der Waals surface area contributed by atoms with Crippen LogP contribution in [0.15, 0.2) is 41.3 Å². The Kier molecular flexibility index (Phi) is 13.0. The summed E-state index contributed by atoms with van der Waals surface area (Å²) in [5.41, 5.74) is 3.47. The van der Waals surface area contributed by atoms with Gasteiger partial charge < -0.3 is 24.4 Å². The maximum atomic E-state index is 13.4. The van der Waals surface area contributed by atoms with Gasteiger partial charge >= 0.3 is 5.97 Å². The number of rotatable bonds is 15. The van der Waals surface area contributed by atoms with Gasteiger partial charge in [-0.1, -0.05) is 44.0 Å². The number of benzene rings is 2. The lowest BCUT2D eigenvalue weighted by Crippen LogP contribution is -2.45. The molecule has 1 aliphatic heterocycles. The number of hydrogen-bond acceptors (Lipinski definition) is 8. The molecule has 3 unspecified atom stereocenters. The van der Waals surface area contributed by atoms with Gasteiger partial charge in [0.05, 0.1) is 36.8 Å². The third-order valence-electron chi connectivity index (χ3n) is 7.95. The largest absolute Gasteiger partial charge is 0.491 e. The molecule has 0 saturated heterocycles. The molecule has 0 saturated carbocycles. The first-order valence-electron chi connectivity index (χ1n) is 15.2. The molecule has 0 bridgehead atoms. The van der Waals surface area contributed by atoms with Crippen molar-refractivity contribution in [3.63, 3.8) is 0 Å². The maximum absolute atomic E-state index is 13.4. The van der Waals surface area contributed by atoms with Crippen molar-refractivity contribution in [3.8, 4) is 5.75 Å². The Morgan fingerprint density at radius 2 is 1.95 bits per heavy atom. The van der Waals surface area contributed by atoms with Crippen LogP contribution in [-0.2, 0) is 36.5 Å². The topological polar surface area (TPSA) is 106 Å². The van der Waals surface area contributed by atoms with Crippen LogP contribution < -0.4 is 19.7 Å². The summed E-state index contributed by atoms with van der Waals surface area (Å²) in [4.78, 5) is 28.0. The van der Waals surface area contributed by atoms with Crippen LogP contribution in [-0.4, -0.2) is 68.7 Å². The Balaban J connectivity index is 1.92. The van der Waals surface area contributed by atoms with E-state index < -0.39 is 22.5 Å². The van der Waals surface area contributed by atoms with Crippen molar-refractivity contribution >= 4 is 28.5 Å². The Bertz CT molecular complexity index is 1270. The molecule has 0 aromatic heterocycles. The molecule has 3 rings (SSSR count). The van der Waals surface area contributed by atoms with Gasteiger partial charge in [0.2, 0.25) is 0 Å². The molecule has 0 radical (unpaired) electrons. The second-order valence-electron chi connectivity index (χ2n) is 11.6. The van der Waals surface area contributed by atoms with Gasteiger partial charge in [-0.25, -0.2) is 4.21 Å². The number of esters is 1. The SMILES string of the molecule is CCCc1cc(C)ccc1C1COc2ccc(S(=O)NC(=O)C(C)(C)OCCNC)cc2N(CCC(CC)C(=O)OC)C1. The summed E-state index contributed by atoms with van der Waals surface area (Å²) in [6.45, 7) is 12.3. The van der Waals surface area contributed by atoms with Gasteiger partial charge in [0.1, 0.15) is 11.4 Å². The van der Waals surface area contributed by atoms with Crippen molar-refractivity contribution in [2.75, 3.05) is 51.9 Å². The predicted octanol–water partition coefficient (Wildman–Crippen LogP) is 4.67. The summed E-state index contributed by atoms with van der Waals surface area (Å²) >= 11 is 0. The van der Waals surface area contributed by atoms with Crippen LogP contribution in [0.25, 0.3) is 0 Å². The zero-order valence-corrected chi connectivity index (χ0v) is 27.6. The van der Waals surface area contributed by atoms with E-state index in [9.17, 15) is 13.8 Å². The highest BCUT2D eigenvalue weighted by atomic mass is 32.2. The number of nitrogens with one attached hydrogen (secondary N) is 2. The van der Waals surface area contributed by atoms with Crippen molar-refractivity contribution in [1.82, 2.24) is 10.0 Å². The average molecular weight is 616 g/mol. The quantitative estimate of drug-likeness (QED) is 0.220. The van der Waals surface area contributed by atoms with Gasteiger partial charge in [-0.05, 0) is 76.4 Å². The molecular formula is C33H49N3O6S. The number of anilines is 1. The molecule has 2 aromatic carbocycles. The first kappa shape index (κ1) is 34.5. The second-order valence-corrected chi connectivity index (χ2v) is 12.8. The minimum absolute atomic E-state index is 0.0944. The van der Waals surface area contributed by atoms with Gasteiger partial charge in [-0.3, -0.25) is 14.3 Å². The number of carbonyl (C=O) groups excluding carboxylic acids is 2. The highest BCUT2D eigenvalue weighted by Crippen LogP contribution is 2.37. The minimum atomic E-state index is -1.81. The molecule has 0 aliphatic carbocycles. The molecule has 1 heterocycles. The minimum Gasteiger partial charge on any atom is -0.491 e. The normalized spacial score (nSPS) is 16.4. The van der Waals surface area contributed by atoms with Crippen LogP contribution >= 0.6 is 0 Å². The number of ether oxygens (including phenoxy) is 3. The highest BCUT2D eigenvalue weighted by Gasteiger charge is 2.31. The van der Waals surface area contributed by atoms with E-state index in [4.69, 9.17) is 14.2 Å². The van der Waals surface area contributed by atoms with Crippen LogP contribution in [0.3, 0.4) is 0 Å². The third kappa shape index (κ3) is 9.27. The van der Waals surface area contributed by atoms with Crippen LogP contribution in [0.5, 0.6) is 5.75 Å². The van der Waals surface area contributed by atoms with Crippen LogP contribution in [0.4, 0.5) is 5.69 Å². The van der Waals surface area contributed by atoms with Crippen molar-refractivity contribution in [1.29, 1.82) is 0 Å². The van der Waals surface area contributed by atoms with Crippen LogP contribution in [0.1, 0.15) is 69.6 Å². The van der Waals surface area contributed by atoms with Gasteiger partial charge in [0.15, 0.2) is 11.0 Å². The molecule has 3 atom stereocenters. The number of methoxy groups -OCH3 is 1. The lowest BCUT2D eigenvalue weighted by Gasteiger charge is -2.29. The van der Waals surface area contributed by atoms with Gasteiger partial charge in [-0.2, -0.15) is 0 Å². The standard InChI is InChI=1S/C33H49N3O6S/c1-8-10-25-19-23(3)11-13-28(25)26-21-36(17-15-24(9-2)31(37)40-7)29-20-27(12-14-30(29)41-22-26)43(39)35-32(38)33(4,5)42-18-16-34-6/h11-14,19-20,24,26,34H,8-10,15-18,21-22H2,1-7H3,(H,35,38). The molecule has 9 nitrogen and oxygen atoms in total. The number of hydrogen-bond donors (Lipinski definition) is 2. The molecular weight excluding hydrogens is 566 g/mol. The molecule has 2 aromatic rings. The number of likely N-dealkylation sites (N-methyl/N-ethyl adjacent to an activating group) is 1. The fraction of sp³-hybridized carbons (Fsp3) is 0.576. The zero-order valence-electron chi connectivity index (χ0n) is 26.8. The summed E-state index contributed by atoms with van der Waals surface area (Å²) in [5, 5.41) is 2.98. The van der Waals surface area contributed by atoms with E-state index in [2.05, 4.69) is 47.0 Å². The summed E-state index contributed by atoms with van der Waals surface area (Å²) < 4.78 is 33.1. The van der Waals surface area contributed by atoms with Crippen LogP contribution in [0, 0.1) is 12.8 Å². The second kappa shape index (κ2) is 16.2. The van der Waals surface area contributed by atoms with E-state index in [1.807, 2.05) is 26.1 Å². The molecule has 0 spiro atoms. The Morgan fingerprint density at radius 1 is 1.19 bits per heavy atom. The molecule has 1 amide bonds. The van der Waals surface area contributed by atoms with Crippen molar-refractivity contribution < 1.29 is 28.0 Å². The molecule has 2 N–H and O–H groups in total. The lowest BCUT2D eigenvalue weighted by atomic mass is 9.90. The summed E-state index contributed by atoms with van der Waals surface area (Å²) in [5.74, 6) is -0.131. The number of amides is 1. The van der Waals surface area contributed by atoms with Gasteiger partial charge in [0.25, 0.3) is 5.91 Å². The fourth-order valence-corrected chi connectivity index (χ4v) is 6.26. The lowest BCUT2D eigenvalue weighted by molar-refractivity contribution is -0.145. The summed E-state index contributed by atoms with van der Waals surface area (Å²) in [6, 6.07) is 12.0. The van der Waals surface area contributed by atoms with E-state index in [0.29, 0.717) is 56.3 Å². The highest BCUT2D eigenvalue weighted by molar-refractivity contribution is 7.83. The van der Waals surface area contributed by atoms with Crippen LogP contribution in [0.2, 0.25) is 0 Å². The average Bonchev–Trinajstić information content (AvgIpc) is 3.16. The Labute approximate surface area is 259 Å². The smallest absolute Gasteiger partial charge is 0.308 e. The third-order valence-corrected chi connectivity index (χ3v) is 9.00. The van der Waals surface area contributed by atoms with Crippen molar-refractivity contribution in [2.24, 2.45) is 5.92 Å². The molecule has 10 heteroatoms. The van der Waals surface area contributed by atoms with Crippen molar-refractivity contribution in [3.05, 3.63) is 53.1 Å².